The van der Waals surface area contributed by atoms with Crippen LogP contribution >= 0.6 is 0 Å². The number of carbonyl (C=O) groups excluding carboxylic acids is 2. The van der Waals surface area contributed by atoms with Gasteiger partial charge in [-0.15, -0.1) is 0 Å². The van der Waals surface area contributed by atoms with Gasteiger partial charge in [0.15, 0.2) is 6.10 Å². The SMILES string of the molecule is CC/C=C\C/C=C\C/C=C\C/C=C\C/C=C\CC(=O)OC(COCCCCCC/C=C\C/C=C\C/C=C\CC)COC(=O)CCCCCCCC/C=C\C/C=C\C/C=C\C/C=C\CC. The summed E-state index contributed by atoms with van der Waals surface area (Å²) in [6, 6.07) is 0. The minimum atomic E-state index is -0.619. The molecule has 0 spiro atoms. The van der Waals surface area contributed by atoms with Crippen LogP contribution in [0.1, 0.15) is 188 Å². The second-order valence-electron chi connectivity index (χ2n) is 15.9. The Bertz CT molecular complexity index is 1410. The number of esters is 2. The topological polar surface area (TPSA) is 61.8 Å². The molecule has 0 heterocycles. The average molecular weight is 881 g/mol. The molecule has 0 N–H and O–H groups in total. The lowest BCUT2D eigenvalue weighted by Gasteiger charge is -2.18. The van der Waals surface area contributed by atoms with Crippen LogP contribution < -0.4 is 0 Å². The summed E-state index contributed by atoms with van der Waals surface area (Å²) in [6.07, 6.45) is 77.4. The first kappa shape index (κ1) is 59.8. The van der Waals surface area contributed by atoms with Gasteiger partial charge < -0.3 is 14.2 Å². The van der Waals surface area contributed by atoms with Crippen molar-refractivity contribution in [2.24, 2.45) is 0 Å². The standard InChI is InChI=1S/C59H92O5/c1-4-7-10-13-16-19-22-25-28-29-30-31-33-34-37-40-43-46-49-52-58(60)63-56-57(55-62-54-51-48-45-42-39-36-27-24-21-18-15-12-9-6-3)64-59(61)53-50-47-44-41-38-35-32-26-23-20-17-14-11-8-5-2/h7-12,16-21,25-28,30-32,36,38,41,47,50,57H,4-6,13-15,22-24,29,33-35,37,39-40,42-46,48-49,51-56H2,1-3H3/b10-7-,11-8-,12-9-,19-16-,20-17-,21-18-,28-25-,31-30-,32-26-,36-27-,41-38-,50-47-. The fraction of sp³-hybridized carbons (Fsp3) is 0.559. The van der Waals surface area contributed by atoms with Crippen LogP contribution in [0, 0.1) is 0 Å². The van der Waals surface area contributed by atoms with E-state index in [0.717, 1.165) is 135 Å². The summed E-state index contributed by atoms with van der Waals surface area (Å²) in [5.41, 5.74) is 0. The van der Waals surface area contributed by atoms with Crippen LogP contribution in [-0.2, 0) is 23.8 Å². The lowest BCUT2D eigenvalue weighted by atomic mass is 10.1. The Kier molecular flexibility index (Phi) is 49.6. The molecular formula is C59H92O5. The van der Waals surface area contributed by atoms with Gasteiger partial charge in [0, 0.05) is 13.0 Å². The van der Waals surface area contributed by atoms with E-state index >= 15 is 0 Å². The van der Waals surface area contributed by atoms with E-state index in [1.54, 1.807) is 0 Å². The Morgan fingerprint density at radius 1 is 0.359 bits per heavy atom. The lowest BCUT2D eigenvalue weighted by molar-refractivity contribution is -0.162. The maximum atomic E-state index is 12.7. The third-order valence-corrected chi connectivity index (χ3v) is 9.88. The van der Waals surface area contributed by atoms with E-state index in [0.29, 0.717) is 13.0 Å². The van der Waals surface area contributed by atoms with Crippen LogP contribution in [0.25, 0.3) is 0 Å². The first-order valence-corrected chi connectivity index (χ1v) is 25.4. The van der Waals surface area contributed by atoms with Gasteiger partial charge in [-0.05, 0) is 116 Å². The molecule has 0 fully saturated rings. The summed E-state index contributed by atoms with van der Waals surface area (Å²) < 4.78 is 17.2. The number of hydrogen-bond donors (Lipinski definition) is 0. The molecule has 5 nitrogen and oxygen atoms in total. The van der Waals surface area contributed by atoms with Crippen molar-refractivity contribution in [1.82, 2.24) is 0 Å². The molecule has 0 saturated carbocycles. The Hall–Kier alpha value is -4.22. The largest absolute Gasteiger partial charge is 0.462 e. The number of carbonyl (C=O) groups is 2. The van der Waals surface area contributed by atoms with Gasteiger partial charge in [0.25, 0.3) is 0 Å². The van der Waals surface area contributed by atoms with Crippen LogP contribution in [0.3, 0.4) is 0 Å². The van der Waals surface area contributed by atoms with Gasteiger partial charge in [-0.3, -0.25) is 9.59 Å². The van der Waals surface area contributed by atoms with Crippen LogP contribution in [-0.4, -0.2) is 37.9 Å². The van der Waals surface area contributed by atoms with E-state index in [1.165, 1.54) is 19.3 Å². The van der Waals surface area contributed by atoms with E-state index < -0.39 is 6.10 Å². The van der Waals surface area contributed by atoms with Crippen molar-refractivity contribution in [3.8, 4) is 0 Å². The second-order valence-corrected chi connectivity index (χ2v) is 15.9. The monoisotopic (exact) mass is 881 g/mol. The van der Waals surface area contributed by atoms with Gasteiger partial charge >= 0.3 is 11.9 Å². The van der Waals surface area contributed by atoms with E-state index in [2.05, 4.69) is 154 Å². The molecule has 0 radical (unpaired) electrons. The maximum absolute atomic E-state index is 12.7. The molecule has 0 aromatic carbocycles. The van der Waals surface area contributed by atoms with E-state index in [1.807, 2.05) is 12.2 Å². The zero-order chi connectivity index (χ0) is 46.3. The molecule has 0 amide bonds. The minimum Gasteiger partial charge on any atom is -0.462 e. The number of ether oxygens (including phenoxy) is 3. The Balaban J connectivity index is 4.47. The molecule has 0 aromatic rings. The van der Waals surface area contributed by atoms with Crippen molar-refractivity contribution in [1.29, 1.82) is 0 Å². The summed E-state index contributed by atoms with van der Waals surface area (Å²) in [5.74, 6) is -0.586. The Morgan fingerprint density at radius 3 is 1.12 bits per heavy atom. The quantitative estimate of drug-likeness (QED) is 0.0347. The normalized spacial score (nSPS) is 13.5. The first-order valence-electron chi connectivity index (χ1n) is 25.4. The predicted octanol–water partition coefficient (Wildman–Crippen LogP) is 17.3. The van der Waals surface area contributed by atoms with Crippen molar-refractivity contribution in [2.45, 2.75) is 194 Å². The molecule has 358 valence electrons. The molecule has 64 heavy (non-hydrogen) atoms. The third-order valence-electron chi connectivity index (χ3n) is 9.88. The molecule has 0 aliphatic rings. The number of rotatable bonds is 44. The molecule has 1 atom stereocenters. The van der Waals surface area contributed by atoms with Crippen LogP contribution in [0.15, 0.2) is 146 Å². The minimum absolute atomic E-state index is 0.0184. The van der Waals surface area contributed by atoms with Crippen molar-refractivity contribution in [3.05, 3.63) is 146 Å². The first-order chi connectivity index (χ1) is 31.6. The molecule has 0 aliphatic heterocycles. The van der Waals surface area contributed by atoms with Gasteiger partial charge in [0.05, 0.1) is 13.0 Å². The second kappa shape index (κ2) is 53.1. The highest BCUT2D eigenvalue weighted by Gasteiger charge is 2.17. The highest BCUT2D eigenvalue weighted by atomic mass is 16.6. The van der Waals surface area contributed by atoms with Gasteiger partial charge in [0.2, 0.25) is 0 Å². The summed E-state index contributed by atoms with van der Waals surface area (Å²) in [4.78, 5) is 25.3. The number of unbranched alkanes of at least 4 members (excludes halogenated alkanes) is 10. The molecule has 0 saturated heterocycles. The molecule has 5 heteroatoms. The lowest BCUT2D eigenvalue weighted by Crippen LogP contribution is -2.29. The van der Waals surface area contributed by atoms with Crippen molar-refractivity contribution < 1.29 is 23.8 Å². The van der Waals surface area contributed by atoms with Gasteiger partial charge in [-0.1, -0.05) is 205 Å². The van der Waals surface area contributed by atoms with Crippen LogP contribution in [0.2, 0.25) is 0 Å². The smallest absolute Gasteiger partial charge is 0.310 e. The zero-order valence-corrected chi connectivity index (χ0v) is 41.0. The predicted molar refractivity (Wildman–Crippen MR) is 278 cm³/mol. The van der Waals surface area contributed by atoms with Crippen LogP contribution in [0.5, 0.6) is 0 Å². The average Bonchev–Trinajstić information content (AvgIpc) is 3.30. The summed E-state index contributed by atoms with van der Waals surface area (Å²) in [7, 11) is 0. The zero-order valence-electron chi connectivity index (χ0n) is 41.0. The maximum Gasteiger partial charge on any atom is 0.310 e. The van der Waals surface area contributed by atoms with Gasteiger partial charge in [-0.2, -0.15) is 0 Å². The molecule has 0 aromatic heterocycles. The summed E-state index contributed by atoms with van der Waals surface area (Å²) in [6.45, 7) is 7.29. The molecule has 0 rings (SSSR count). The number of hydrogen-bond acceptors (Lipinski definition) is 5. The van der Waals surface area contributed by atoms with Crippen molar-refractivity contribution >= 4 is 11.9 Å². The van der Waals surface area contributed by atoms with E-state index in [4.69, 9.17) is 14.2 Å². The van der Waals surface area contributed by atoms with Gasteiger partial charge in [0.1, 0.15) is 6.61 Å². The third kappa shape index (κ3) is 50.4. The summed E-state index contributed by atoms with van der Waals surface area (Å²) >= 11 is 0. The van der Waals surface area contributed by atoms with Gasteiger partial charge in [-0.25, -0.2) is 0 Å². The van der Waals surface area contributed by atoms with E-state index in [9.17, 15) is 9.59 Å². The Morgan fingerprint density at radius 2 is 0.703 bits per heavy atom. The van der Waals surface area contributed by atoms with Crippen LogP contribution in [0.4, 0.5) is 0 Å². The van der Waals surface area contributed by atoms with Crippen molar-refractivity contribution in [3.63, 3.8) is 0 Å². The highest BCUT2D eigenvalue weighted by Crippen LogP contribution is 2.11. The highest BCUT2D eigenvalue weighted by molar-refractivity contribution is 5.71. The van der Waals surface area contributed by atoms with E-state index in [-0.39, 0.29) is 31.6 Å². The number of allylic oxidation sites excluding steroid dienone is 23. The molecule has 0 bridgehead atoms. The summed E-state index contributed by atoms with van der Waals surface area (Å²) in [5, 5.41) is 0. The molecule has 0 aliphatic carbocycles. The molecule has 1 unspecified atom stereocenters. The van der Waals surface area contributed by atoms with Crippen molar-refractivity contribution in [2.75, 3.05) is 19.8 Å². The fourth-order valence-electron chi connectivity index (χ4n) is 6.24. The Labute approximate surface area is 393 Å². The fourth-order valence-corrected chi connectivity index (χ4v) is 6.24. The molecular weight excluding hydrogens is 789 g/mol.